The summed E-state index contributed by atoms with van der Waals surface area (Å²) in [5.41, 5.74) is 6.22. The number of rotatable bonds is 9. The molecule has 0 fully saturated rings. The third-order valence-corrected chi connectivity index (χ3v) is 4.11. The van der Waals surface area contributed by atoms with Crippen LogP contribution in [0, 0.1) is 16.0 Å². The lowest BCUT2D eigenvalue weighted by molar-refractivity contribution is -0.384. The van der Waals surface area contributed by atoms with Gasteiger partial charge in [-0.05, 0) is 31.4 Å². The maximum atomic E-state index is 12.0. The highest BCUT2D eigenvalue weighted by Crippen LogP contribution is 2.16. The minimum Gasteiger partial charge on any atom is -0.385 e. The van der Waals surface area contributed by atoms with E-state index < -0.39 is 4.92 Å². The van der Waals surface area contributed by atoms with E-state index in [0.29, 0.717) is 25.9 Å². The molecular weight excluding hydrogens is 296 g/mol. The Labute approximate surface area is 136 Å². The molecule has 128 valence electrons. The summed E-state index contributed by atoms with van der Waals surface area (Å²) in [5, 5.41) is 16.7. The first-order chi connectivity index (χ1) is 10.8. The molecule has 23 heavy (non-hydrogen) atoms. The number of carbonyl (C=O) groups excluding carboxylic acids is 1. The van der Waals surface area contributed by atoms with E-state index in [9.17, 15) is 14.9 Å². The van der Waals surface area contributed by atoms with Gasteiger partial charge in [0.05, 0.1) is 10.5 Å². The standard InChI is InChI=1S/C16H26N4O3/c1-12(2)16(3,11-17)19-15(21)5-4-10-18-13-6-8-14(9-7-13)20(22)23/h6-9,12,18H,4-5,10-11,17H2,1-3H3,(H,19,21). The molecule has 0 saturated heterocycles. The molecule has 4 N–H and O–H groups in total. The van der Waals surface area contributed by atoms with Crippen molar-refractivity contribution in [2.45, 2.75) is 39.2 Å². The monoisotopic (exact) mass is 322 g/mol. The summed E-state index contributed by atoms with van der Waals surface area (Å²) in [4.78, 5) is 22.1. The number of nitro groups is 1. The summed E-state index contributed by atoms with van der Waals surface area (Å²) < 4.78 is 0. The van der Waals surface area contributed by atoms with E-state index in [4.69, 9.17) is 5.73 Å². The van der Waals surface area contributed by atoms with Crippen LogP contribution >= 0.6 is 0 Å². The molecule has 0 aliphatic rings. The van der Waals surface area contributed by atoms with Crippen LogP contribution in [-0.4, -0.2) is 29.5 Å². The Morgan fingerprint density at radius 3 is 2.43 bits per heavy atom. The summed E-state index contributed by atoms with van der Waals surface area (Å²) >= 11 is 0. The van der Waals surface area contributed by atoms with Crippen LogP contribution in [-0.2, 0) is 4.79 Å². The van der Waals surface area contributed by atoms with E-state index in [1.165, 1.54) is 12.1 Å². The van der Waals surface area contributed by atoms with Gasteiger partial charge in [-0.3, -0.25) is 14.9 Å². The minimum atomic E-state index is -0.433. The van der Waals surface area contributed by atoms with Gasteiger partial charge in [0.15, 0.2) is 0 Å². The van der Waals surface area contributed by atoms with Crippen LogP contribution in [0.5, 0.6) is 0 Å². The first-order valence-corrected chi connectivity index (χ1v) is 7.78. The number of hydrogen-bond donors (Lipinski definition) is 3. The van der Waals surface area contributed by atoms with Gasteiger partial charge < -0.3 is 16.4 Å². The second-order valence-corrected chi connectivity index (χ2v) is 6.16. The summed E-state index contributed by atoms with van der Waals surface area (Å²) in [5.74, 6) is 0.242. The normalized spacial score (nSPS) is 13.4. The highest BCUT2D eigenvalue weighted by molar-refractivity contribution is 5.76. The average molecular weight is 322 g/mol. The number of nitrogens with two attached hydrogens (primary N) is 1. The highest BCUT2D eigenvalue weighted by atomic mass is 16.6. The van der Waals surface area contributed by atoms with Gasteiger partial charge in [0.2, 0.25) is 5.91 Å². The predicted octanol–water partition coefficient (Wildman–Crippen LogP) is 2.28. The molecule has 1 rings (SSSR count). The molecule has 0 aliphatic heterocycles. The van der Waals surface area contributed by atoms with Crippen LogP contribution in [0.2, 0.25) is 0 Å². The topological polar surface area (TPSA) is 110 Å². The Morgan fingerprint density at radius 2 is 1.96 bits per heavy atom. The lowest BCUT2D eigenvalue weighted by atomic mass is 9.88. The van der Waals surface area contributed by atoms with E-state index in [2.05, 4.69) is 10.6 Å². The van der Waals surface area contributed by atoms with E-state index in [0.717, 1.165) is 5.69 Å². The average Bonchev–Trinajstić information content (AvgIpc) is 2.51. The third-order valence-electron chi connectivity index (χ3n) is 4.11. The number of anilines is 1. The SMILES string of the molecule is CC(C)C(C)(CN)NC(=O)CCCNc1ccc([N+](=O)[O-])cc1. The Balaban J connectivity index is 2.34. The molecule has 0 aromatic heterocycles. The fourth-order valence-corrected chi connectivity index (χ4v) is 1.99. The lowest BCUT2D eigenvalue weighted by Gasteiger charge is -2.33. The smallest absolute Gasteiger partial charge is 0.269 e. The van der Waals surface area contributed by atoms with Crippen molar-refractivity contribution in [1.29, 1.82) is 0 Å². The first kappa shape index (κ1) is 18.9. The number of nitro benzene ring substituents is 1. The maximum absolute atomic E-state index is 12.0. The molecule has 0 spiro atoms. The predicted molar refractivity (Wildman–Crippen MR) is 91.3 cm³/mol. The molecule has 0 saturated carbocycles. The van der Waals surface area contributed by atoms with Crippen LogP contribution in [0.15, 0.2) is 24.3 Å². The number of amides is 1. The van der Waals surface area contributed by atoms with Gasteiger partial charge in [-0.1, -0.05) is 13.8 Å². The first-order valence-electron chi connectivity index (χ1n) is 7.78. The molecule has 1 aromatic rings. The van der Waals surface area contributed by atoms with Crippen molar-refractivity contribution in [2.75, 3.05) is 18.4 Å². The van der Waals surface area contributed by atoms with Crippen molar-refractivity contribution >= 4 is 17.3 Å². The molecule has 1 atom stereocenters. The summed E-state index contributed by atoms with van der Waals surface area (Å²) in [6.45, 7) is 7.03. The van der Waals surface area contributed by atoms with Crippen molar-refractivity contribution in [3.8, 4) is 0 Å². The van der Waals surface area contributed by atoms with Crippen molar-refractivity contribution in [1.82, 2.24) is 5.32 Å². The van der Waals surface area contributed by atoms with Crippen LogP contribution in [0.3, 0.4) is 0 Å². The number of carbonyl (C=O) groups is 1. The Hall–Kier alpha value is -2.15. The van der Waals surface area contributed by atoms with Crippen molar-refractivity contribution < 1.29 is 9.72 Å². The zero-order valence-electron chi connectivity index (χ0n) is 14.0. The number of nitrogens with zero attached hydrogens (tertiary/aromatic N) is 1. The molecule has 1 unspecified atom stereocenters. The number of nitrogens with one attached hydrogen (secondary N) is 2. The molecule has 1 amide bonds. The van der Waals surface area contributed by atoms with Gasteiger partial charge in [-0.25, -0.2) is 0 Å². The van der Waals surface area contributed by atoms with Gasteiger partial charge in [-0.2, -0.15) is 0 Å². The highest BCUT2D eigenvalue weighted by Gasteiger charge is 2.28. The quantitative estimate of drug-likeness (QED) is 0.367. The zero-order valence-corrected chi connectivity index (χ0v) is 14.0. The summed E-state index contributed by atoms with van der Waals surface area (Å²) in [7, 11) is 0. The molecule has 7 heteroatoms. The fraction of sp³-hybridized carbons (Fsp3) is 0.562. The van der Waals surface area contributed by atoms with Crippen LogP contribution in [0.25, 0.3) is 0 Å². The Kier molecular flexibility index (Phi) is 6.96. The van der Waals surface area contributed by atoms with Gasteiger partial charge in [-0.15, -0.1) is 0 Å². The van der Waals surface area contributed by atoms with Gasteiger partial charge in [0.25, 0.3) is 5.69 Å². The van der Waals surface area contributed by atoms with Crippen LogP contribution < -0.4 is 16.4 Å². The molecule has 0 bridgehead atoms. The number of non-ortho nitro benzene ring substituents is 1. The maximum Gasteiger partial charge on any atom is 0.269 e. The van der Waals surface area contributed by atoms with E-state index in [-0.39, 0.29) is 23.1 Å². The van der Waals surface area contributed by atoms with Crippen molar-refractivity contribution in [3.05, 3.63) is 34.4 Å². The number of hydrogen-bond acceptors (Lipinski definition) is 5. The third kappa shape index (κ3) is 5.86. The van der Waals surface area contributed by atoms with E-state index in [1.54, 1.807) is 12.1 Å². The van der Waals surface area contributed by atoms with E-state index >= 15 is 0 Å². The second-order valence-electron chi connectivity index (χ2n) is 6.16. The molecule has 0 aliphatic carbocycles. The molecular formula is C16H26N4O3. The zero-order chi connectivity index (χ0) is 17.5. The Bertz CT molecular complexity index is 531. The summed E-state index contributed by atoms with van der Waals surface area (Å²) in [6, 6.07) is 6.21. The van der Waals surface area contributed by atoms with Crippen molar-refractivity contribution in [3.63, 3.8) is 0 Å². The lowest BCUT2D eigenvalue weighted by Crippen LogP contribution is -2.55. The summed E-state index contributed by atoms with van der Waals surface area (Å²) in [6.07, 6.45) is 1.07. The largest absolute Gasteiger partial charge is 0.385 e. The van der Waals surface area contributed by atoms with E-state index in [1.807, 2.05) is 20.8 Å². The Morgan fingerprint density at radius 1 is 1.35 bits per heavy atom. The minimum absolute atomic E-state index is 0.0165. The molecule has 1 aromatic carbocycles. The second kappa shape index (κ2) is 8.47. The number of benzene rings is 1. The van der Waals surface area contributed by atoms with Gasteiger partial charge in [0, 0.05) is 37.3 Å². The van der Waals surface area contributed by atoms with Crippen molar-refractivity contribution in [2.24, 2.45) is 11.7 Å². The van der Waals surface area contributed by atoms with Crippen LogP contribution in [0.4, 0.5) is 11.4 Å². The van der Waals surface area contributed by atoms with Gasteiger partial charge in [0.1, 0.15) is 0 Å². The van der Waals surface area contributed by atoms with Gasteiger partial charge >= 0.3 is 0 Å². The molecule has 0 heterocycles. The molecule has 7 nitrogen and oxygen atoms in total. The molecule has 0 radical (unpaired) electrons. The van der Waals surface area contributed by atoms with Crippen LogP contribution in [0.1, 0.15) is 33.6 Å². The fourth-order valence-electron chi connectivity index (χ4n) is 1.99.